The zero-order chi connectivity index (χ0) is 20.0. The highest BCUT2D eigenvalue weighted by Crippen LogP contribution is 2.48. The number of guanidine groups is 1. The molecule has 1 aliphatic carbocycles. The van der Waals surface area contributed by atoms with Crippen molar-refractivity contribution >= 4 is 29.9 Å². The molecule has 0 aliphatic heterocycles. The lowest BCUT2D eigenvalue weighted by atomic mass is 10.0. The third-order valence-corrected chi connectivity index (χ3v) is 5.47. The number of ether oxygens (including phenoxy) is 1. The largest absolute Gasteiger partial charge is 0.382 e. The summed E-state index contributed by atoms with van der Waals surface area (Å²) in [5.74, 6) is 0.839. The Morgan fingerprint density at radius 3 is 2.62 bits per heavy atom. The van der Waals surface area contributed by atoms with Gasteiger partial charge in [0.05, 0.1) is 11.4 Å². The van der Waals surface area contributed by atoms with Crippen LogP contribution in [0.25, 0.3) is 5.69 Å². The molecule has 1 aliphatic rings. The van der Waals surface area contributed by atoms with Gasteiger partial charge >= 0.3 is 0 Å². The number of hydrogen-bond donors (Lipinski definition) is 2. The molecule has 0 atom stereocenters. The Morgan fingerprint density at radius 2 is 2.00 bits per heavy atom. The van der Waals surface area contributed by atoms with Crippen molar-refractivity contribution in [2.24, 2.45) is 10.4 Å². The quantitative estimate of drug-likeness (QED) is 0.232. The molecular formula is C22H34IN5O. The van der Waals surface area contributed by atoms with E-state index in [1.165, 1.54) is 18.4 Å². The van der Waals surface area contributed by atoms with Crippen molar-refractivity contribution in [2.45, 2.75) is 46.6 Å². The summed E-state index contributed by atoms with van der Waals surface area (Å²) in [6, 6.07) is 10.5. The second kappa shape index (κ2) is 11.0. The number of rotatable bonds is 9. The third kappa shape index (κ3) is 6.44. The Kier molecular flexibility index (Phi) is 8.95. The Hall–Kier alpha value is -1.61. The number of nitrogens with one attached hydrogen (secondary N) is 2. The maximum atomic E-state index is 5.53. The van der Waals surface area contributed by atoms with Crippen molar-refractivity contribution in [1.82, 2.24) is 20.4 Å². The molecule has 1 aromatic heterocycles. The second-order valence-electron chi connectivity index (χ2n) is 7.69. The molecular weight excluding hydrogens is 477 g/mol. The van der Waals surface area contributed by atoms with Crippen molar-refractivity contribution in [2.75, 3.05) is 26.8 Å². The highest BCUT2D eigenvalue weighted by Gasteiger charge is 2.41. The van der Waals surface area contributed by atoms with E-state index in [1.807, 2.05) is 25.6 Å². The summed E-state index contributed by atoms with van der Waals surface area (Å²) in [5, 5.41) is 11.6. The van der Waals surface area contributed by atoms with Gasteiger partial charge in [0, 0.05) is 39.0 Å². The van der Waals surface area contributed by atoms with Crippen molar-refractivity contribution < 1.29 is 4.74 Å². The fraction of sp³-hybridized carbons (Fsp3) is 0.545. The second-order valence-corrected chi connectivity index (χ2v) is 7.69. The molecule has 1 fully saturated rings. The summed E-state index contributed by atoms with van der Waals surface area (Å²) in [5.41, 5.74) is 4.84. The minimum absolute atomic E-state index is 0. The molecule has 7 heteroatoms. The lowest BCUT2D eigenvalue weighted by Gasteiger charge is -2.19. The van der Waals surface area contributed by atoms with Crippen LogP contribution in [0.1, 0.15) is 43.1 Å². The molecule has 2 N–H and O–H groups in total. The van der Waals surface area contributed by atoms with E-state index in [0.29, 0.717) is 12.0 Å². The molecule has 2 aromatic rings. The molecule has 0 saturated heterocycles. The summed E-state index contributed by atoms with van der Waals surface area (Å²) in [6.45, 7) is 9.44. The van der Waals surface area contributed by atoms with Gasteiger partial charge < -0.3 is 15.4 Å². The van der Waals surface area contributed by atoms with Gasteiger partial charge in [-0.05, 0) is 63.1 Å². The predicted octanol–water partition coefficient (Wildman–Crippen LogP) is 3.98. The monoisotopic (exact) mass is 511 g/mol. The Labute approximate surface area is 191 Å². The van der Waals surface area contributed by atoms with Crippen molar-refractivity contribution in [3.05, 3.63) is 47.3 Å². The molecule has 1 saturated carbocycles. The van der Waals surface area contributed by atoms with E-state index in [-0.39, 0.29) is 24.0 Å². The van der Waals surface area contributed by atoms with Gasteiger partial charge in [-0.15, -0.1) is 24.0 Å². The topological polar surface area (TPSA) is 63.5 Å². The minimum atomic E-state index is 0. The lowest BCUT2D eigenvalue weighted by molar-refractivity contribution is 0.128. The van der Waals surface area contributed by atoms with Gasteiger partial charge in [-0.25, -0.2) is 4.68 Å². The Bertz CT molecular complexity index is 813. The standard InChI is InChI=1S/C22H33N5O.HI/c1-5-28-13-12-22(10-11-22)16-25-21(23-4)24-15-19-8-6-7-9-20(19)27-18(3)14-17(2)26-27;/h6-9,14H,5,10-13,15-16H2,1-4H3,(H2,23,24,25);1H. The number of halogens is 1. The predicted molar refractivity (Wildman–Crippen MR) is 129 cm³/mol. The average Bonchev–Trinajstić information content (AvgIpc) is 3.38. The van der Waals surface area contributed by atoms with Crippen LogP contribution in [-0.2, 0) is 11.3 Å². The maximum absolute atomic E-state index is 5.53. The smallest absolute Gasteiger partial charge is 0.191 e. The summed E-state index contributed by atoms with van der Waals surface area (Å²) in [7, 11) is 1.82. The highest BCUT2D eigenvalue weighted by molar-refractivity contribution is 14.0. The molecule has 3 rings (SSSR count). The van der Waals surface area contributed by atoms with E-state index in [0.717, 1.165) is 49.2 Å². The first-order chi connectivity index (χ1) is 13.6. The molecule has 0 amide bonds. The van der Waals surface area contributed by atoms with Crippen LogP contribution >= 0.6 is 24.0 Å². The van der Waals surface area contributed by atoms with Crippen LogP contribution in [0.5, 0.6) is 0 Å². The molecule has 29 heavy (non-hydrogen) atoms. The van der Waals surface area contributed by atoms with Gasteiger partial charge in [0.25, 0.3) is 0 Å². The minimum Gasteiger partial charge on any atom is -0.382 e. The Morgan fingerprint density at radius 1 is 1.24 bits per heavy atom. The number of para-hydroxylation sites is 1. The van der Waals surface area contributed by atoms with Gasteiger partial charge in [-0.2, -0.15) is 5.10 Å². The first-order valence-electron chi connectivity index (χ1n) is 10.2. The number of aliphatic imine (C=N–C) groups is 1. The van der Waals surface area contributed by atoms with Gasteiger partial charge in [0.1, 0.15) is 0 Å². The molecule has 160 valence electrons. The van der Waals surface area contributed by atoms with Crippen molar-refractivity contribution in [3.63, 3.8) is 0 Å². The van der Waals surface area contributed by atoms with E-state index < -0.39 is 0 Å². The molecule has 1 aromatic carbocycles. The molecule has 0 unspecified atom stereocenters. The molecule has 0 spiro atoms. The van der Waals surface area contributed by atoms with Gasteiger partial charge in [0.15, 0.2) is 5.96 Å². The van der Waals surface area contributed by atoms with Crippen LogP contribution < -0.4 is 10.6 Å². The summed E-state index contributed by atoms with van der Waals surface area (Å²) < 4.78 is 7.54. The SMILES string of the molecule is CCOCCC1(CNC(=NC)NCc2ccccc2-n2nc(C)cc2C)CC1.I. The average molecular weight is 511 g/mol. The van der Waals surface area contributed by atoms with Crippen molar-refractivity contribution in [3.8, 4) is 5.69 Å². The normalized spacial score (nSPS) is 15.0. The van der Waals surface area contributed by atoms with Crippen LogP contribution in [0.4, 0.5) is 0 Å². The summed E-state index contributed by atoms with van der Waals surface area (Å²) in [4.78, 5) is 4.40. The fourth-order valence-corrected chi connectivity index (χ4v) is 3.54. The van der Waals surface area contributed by atoms with E-state index >= 15 is 0 Å². The molecule has 0 bridgehead atoms. The van der Waals surface area contributed by atoms with E-state index in [1.54, 1.807) is 0 Å². The van der Waals surface area contributed by atoms with Crippen LogP contribution in [0.2, 0.25) is 0 Å². The first-order valence-corrected chi connectivity index (χ1v) is 10.2. The van der Waals surface area contributed by atoms with E-state index in [2.05, 4.69) is 58.0 Å². The third-order valence-electron chi connectivity index (χ3n) is 5.47. The van der Waals surface area contributed by atoms with Crippen LogP contribution in [0.15, 0.2) is 35.3 Å². The number of benzene rings is 1. The highest BCUT2D eigenvalue weighted by atomic mass is 127. The van der Waals surface area contributed by atoms with Crippen LogP contribution in [0, 0.1) is 19.3 Å². The number of aromatic nitrogens is 2. The lowest BCUT2D eigenvalue weighted by Crippen LogP contribution is -2.40. The van der Waals surface area contributed by atoms with Gasteiger partial charge in [-0.1, -0.05) is 18.2 Å². The first kappa shape index (κ1) is 23.7. The van der Waals surface area contributed by atoms with Gasteiger partial charge in [-0.3, -0.25) is 4.99 Å². The maximum Gasteiger partial charge on any atom is 0.191 e. The van der Waals surface area contributed by atoms with Crippen LogP contribution in [0.3, 0.4) is 0 Å². The van der Waals surface area contributed by atoms with Gasteiger partial charge in [0.2, 0.25) is 0 Å². The van der Waals surface area contributed by atoms with Crippen molar-refractivity contribution in [1.29, 1.82) is 0 Å². The Balaban J connectivity index is 0.00000300. The zero-order valence-corrected chi connectivity index (χ0v) is 20.3. The number of nitrogens with zero attached hydrogens (tertiary/aromatic N) is 3. The zero-order valence-electron chi connectivity index (χ0n) is 18.0. The molecule has 6 nitrogen and oxygen atoms in total. The van der Waals surface area contributed by atoms with E-state index in [4.69, 9.17) is 4.74 Å². The molecule has 0 radical (unpaired) electrons. The van der Waals surface area contributed by atoms with Crippen LogP contribution in [-0.4, -0.2) is 42.5 Å². The fourth-order valence-electron chi connectivity index (χ4n) is 3.54. The number of hydrogen-bond acceptors (Lipinski definition) is 3. The van der Waals surface area contributed by atoms with E-state index in [9.17, 15) is 0 Å². The number of aryl methyl sites for hydroxylation is 2. The molecule has 1 heterocycles. The summed E-state index contributed by atoms with van der Waals surface area (Å²) >= 11 is 0. The summed E-state index contributed by atoms with van der Waals surface area (Å²) in [6.07, 6.45) is 3.65.